The second-order valence-corrected chi connectivity index (χ2v) is 10.5. The van der Waals surface area contributed by atoms with Crippen LogP contribution in [0.1, 0.15) is 34.6 Å². The summed E-state index contributed by atoms with van der Waals surface area (Å²) in [4.78, 5) is 28.7. The molecule has 0 radical (unpaired) electrons. The van der Waals surface area contributed by atoms with Gasteiger partial charge in [0, 0.05) is 54.3 Å². The number of nitrogens with two attached hydrogens (primary N) is 1. The smallest absolute Gasteiger partial charge is 0.463 e. The van der Waals surface area contributed by atoms with Crippen molar-refractivity contribution < 1.29 is 32.8 Å². The molecule has 234 valence electrons. The van der Waals surface area contributed by atoms with Crippen LogP contribution in [0.3, 0.4) is 0 Å². The zero-order valence-electron chi connectivity index (χ0n) is 25.9. The van der Waals surface area contributed by atoms with E-state index in [-0.39, 0.29) is 13.2 Å². The van der Waals surface area contributed by atoms with Crippen molar-refractivity contribution in [2.24, 2.45) is 5.73 Å². The first-order valence-electron chi connectivity index (χ1n) is 14.4. The average Bonchev–Trinajstić information content (AvgIpc) is 3.00. The maximum Gasteiger partial charge on any atom is 0.469 e. The van der Waals surface area contributed by atoms with Crippen LogP contribution >= 0.6 is 7.82 Å². The number of nitrogens with zero attached hydrogens (tertiary/aromatic N) is 2. The molecule has 2 aliphatic rings. The van der Waals surface area contributed by atoms with Crippen LogP contribution in [0.25, 0.3) is 33.4 Å². The lowest BCUT2D eigenvalue weighted by Crippen LogP contribution is -2.29. The highest BCUT2D eigenvalue weighted by molar-refractivity contribution is 7.46. The molecule has 1 aliphatic heterocycles. The number of hydrogen-bond acceptors (Lipinski definition) is 7. The van der Waals surface area contributed by atoms with E-state index in [4.69, 9.17) is 14.2 Å². The second kappa shape index (κ2) is 17.6. The molecule has 10 nitrogen and oxygen atoms in total. The van der Waals surface area contributed by atoms with Crippen molar-refractivity contribution >= 4 is 30.4 Å². The summed E-state index contributed by atoms with van der Waals surface area (Å²) in [5.74, 6) is 0.418. The molecule has 1 aliphatic carbocycles. The van der Waals surface area contributed by atoms with Crippen LogP contribution in [0.5, 0.6) is 0 Å². The first kappa shape index (κ1) is 35.7. The Morgan fingerprint density at radius 3 is 2.14 bits per heavy atom. The normalized spacial score (nSPS) is 10.8. The van der Waals surface area contributed by atoms with Crippen LogP contribution in [0.15, 0.2) is 71.1 Å². The van der Waals surface area contributed by atoms with Gasteiger partial charge in [0.25, 0.3) is 0 Å². The van der Waals surface area contributed by atoms with Crippen molar-refractivity contribution in [1.29, 1.82) is 0 Å². The van der Waals surface area contributed by atoms with E-state index >= 15 is 0 Å². The minimum absolute atomic E-state index is 0.152. The van der Waals surface area contributed by atoms with Crippen molar-refractivity contribution in [2.45, 2.75) is 34.6 Å². The Labute approximate surface area is 253 Å². The lowest BCUT2D eigenvalue weighted by molar-refractivity contribution is -0.141. The highest BCUT2D eigenvalue weighted by Crippen LogP contribution is 2.40. The fourth-order valence-corrected chi connectivity index (χ4v) is 5.01. The van der Waals surface area contributed by atoms with E-state index in [2.05, 4.69) is 119 Å². The molecule has 0 bridgehead atoms. The van der Waals surface area contributed by atoms with Crippen LogP contribution in [0, 0.1) is 0 Å². The molecule has 4 rings (SSSR count). The number of esters is 1. The lowest BCUT2D eigenvalue weighted by Gasteiger charge is -2.22. The van der Waals surface area contributed by atoms with Crippen LogP contribution in [0.2, 0.25) is 0 Å². The van der Waals surface area contributed by atoms with Gasteiger partial charge in [-0.25, -0.2) is 9.14 Å². The summed E-state index contributed by atoms with van der Waals surface area (Å²) in [7, 11) is -2.92. The minimum Gasteiger partial charge on any atom is -0.463 e. The molecule has 0 atom stereocenters. The van der Waals surface area contributed by atoms with Gasteiger partial charge in [-0.3, -0.25) is 9.32 Å². The van der Waals surface area contributed by atoms with Crippen molar-refractivity contribution in [2.75, 3.05) is 51.3 Å². The molecule has 0 saturated heterocycles. The van der Waals surface area contributed by atoms with Crippen molar-refractivity contribution in [3.05, 3.63) is 72.1 Å². The topological polar surface area (TPSA) is 138 Å². The summed E-state index contributed by atoms with van der Waals surface area (Å²) in [6, 6.07) is 23.9. The molecule has 2 aromatic rings. The van der Waals surface area contributed by atoms with E-state index in [1.54, 1.807) is 0 Å². The molecule has 0 amide bonds. The number of fused-ring (bicyclic) bond motifs is 2. The van der Waals surface area contributed by atoms with Gasteiger partial charge in [0.05, 0.1) is 12.7 Å². The summed E-state index contributed by atoms with van der Waals surface area (Å²) in [6.45, 7) is 13.4. The van der Waals surface area contributed by atoms with Crippen LogP contribution in [-0.4, -0.2) is 62.2 Å². The fourth-order valence-electron chi connectivity index (χ4n) is 4.70. The number of anilines is 1. The van der Waals surface area contributed by atoms with Gasteiger partial charge in [0.15, 0.2) is 0 Å². The number of ether oxygens (including phenoxy) is 1. The van der Waals surface area contributed by atoms with Crippen molar-refractivity contribution in [1.82, 2.24) is 4.58 Å². The predicted octanol–water partition coefficient (Wildman–Crippen LogP) is 5.10. The Balaban J connectivity index is 0.000000422. The zero-order chi connectivity index (χ0) is 32.0. The maximum atomic E-state index is 10.1. The van der Waals surface area contributed by atoms with E-state index in [1.807, 2.05) is 0 Å². The maximum absolute atomic E-state index is 10.1. The highest BCUT2D eigenvalue weighted by atomic mass is 31.2. The van der Waals surface area contributed by atoms with Gasteiger partial charge >= 0.3 is 13.8 Å². The van der Waals surface area contributed by atoms with Crippen LogP contribution in [0.4, 0.5) is 5.69 Å². The molecule has 0 spiro atoms. The lowest BCUT2D eigenvalue weighted by atomic mass is 9.93. The first-order chi connectivity index (χ1) is 20.6. The van der Waals surface area contributed by atoms with Gasteiger partial charge in [-0.2, -0.15) is 0 Å². The van der Waals surface area contributed by atoms with Crippen LogP contribution < -0.4 is 20.6 Å². The predicted molar refractivity (Wildman–Crippen MR) is 173 cm³/mol. The standard InChI is InChI=1S/C27H31N2O.C4H9O6P.CH5N/c1-5-28(6-2)21-14-16-23-25(18-21)30-26-19-22(29(7-3)8-4)15-17-24(26)27(23)20-12-10-9-11-13-20;1-4(5)9-2-3-10-11(6,7)8;1-2/h9-19H,5-8H2,1-4H3;2-3H2,1H3,(H2,6,7,8);2H2,1H3/q+1;;. The first-order valence-corrected chi connectivity index (χ1v) is 15.9. The van der Waals surface area contributed by atoms with Gasteiger partial charge in [-0.1, -0.05) is 30.3 Å². The van der Waals surface area contributed by atoms with E-state index in [0.29, 0.717) is 0 Å². The minimum atomic E-state index is -4.42. The third-order valence-electron chi connectivity index (χ3n) is 6.66. The van der Waals surface area contributed by atoms with E-state index in [0.717, 1.165) is 48.5 Å². The Morgan fingerprint density at radius 2 is 1.58 bits per heavy atom. The summed E-state index contributed by atoms with van der Waals surface area (Å²) in [5.41, 5.74) is 10.2. The van der Waals surface area contributed by atoms with E-state index < -0.39 is 13.8 Å². The molecule has 1 heterocycles. The molecule has 0 saturated carbocycles. The number of phosphoric acid groups is 1. The summed E-state index contributed by atoms with van der Waals surface area (Å²) >= 11 is 0. The van der Waals surface area contributed by atoms with Crippen molar-refractivity contribution in [3.8, 4) is 22.5 Å². The van der Waals surface area contributed by atoms with Crippen LogP contribution in [-0.2, 0) is 18.6 Å². The molecular weight excluding hydrogens is 569 g/mol. The van der Waals surface area contributed by atoms with Crippen molar-refractivity contribution in [3.63, 3.8) is 0 Å². The van der Waals surface area contributed by atoms with Gasteiger partial charge in [0.2, 0.25) is 5.36 Å². The second-order valence-electron chi connectivity index (χ2n) is 9.21. The van der Waals surface area contributed by atoms with Gasteiger partial charge in [-0.15, -0.1) is 0 Å². The number of benzene rings is 3. The average molecular weight is 615 g/mol. The molecule has 0 unspecified atom stereocenters. The number of hydrogen-bond donors (Lipinski definition) is 3. The van der Waals surface area contributed by atoms with Gasteiger partial charge < -0.3 is 29.6 Å². The highest BCUT2D eigenvalue weighted by Gasteiger charge is 2.19. The third kappa shape index (κ3) is 10.3. The summed E-state index contributed by atoms with van der Waals surface area (Å²) in [6.07, 6.45) is 0. The molecule has 4 N–H and O–H groups in total. The zero-order valence-corrected chi connectivity index (χ0v) is 26.8. The molecular formula is C32H45N3O7P+. The SMILES string of the molecule is CC(=O)OCCOP(=O)(O)O.CCN(CC)c1ccc2c(-c3ccccc3)c3ccc(=[N+](CC)CC)cc-3oc2c1.CN. The summed E-state index contributed by atoms with van der Waals surface area (Å²) < 4.78 is 27.2. The largest absolute Gasteiger partial charge is 0.469 e. The number of carbonyl (C=O) groups is 1. The Bertz CT molecular complexity index is 1520. The molecule has 0 aromatic heterocycles. The quantitative estimate of drug-likeness (QED) is 0.0733. The molecule has 43 heavy (non-hydrogen) atoms. The fraction of sp³-hybridized carbons (Fsp3) is 0.375. The third-order valence-corrected chi connectivity index (χ3v) is 7.18. The molecule has 0 fully saturated rings. The Hall–Kier alpha value is -3.53. The number of rotatable bonds is 10. The summed E-state index contributed by atoms with van der Waals surface area (Å²) in [5, 5.41) is 2.36. The molecule has 2 aromatic carbocycles. The molecule has 11 heteroatoms. The van der Waals surface area contributed by atoms with E-state index in [9.17, 15) is 9.36 Å². The monoisotopic (exact) mass is 614 g/mol. The number of phosphoric ester groups is 1. The van der Waals surface area contributed by atoms with Gasteiger partial charge in [-0.05, 0) is 58.5 Å². The Kier molecular flexibility index (Phi) is 14.6. The van der Waals surface area contributed by atoms with Gasteiger partial charge in [0.1, 0.15) is 31.0 Å². The van der Waals surface area contributed by atoms with E-state index in [1.165, 1.54) is 36.1 Å². The Morgan fingerprint density at radius 1 is 0.930 bits per heavy atom. The number of carbonyl (C=O) groups excluding carboxylic acids is 1.